The molecule has 4 rings (SSSR count). The van der Waals surface area contributed by atoms with Gasteiger partial charge in [-0.25, -0.2) is 0 Å². The van der Waals surface area contributed by atoms with E-state index in [-0.39, 0.29) is 11.7 Å². The minimum absolute atomic E-state index is 0.0844. The summed E-state index contributed by atoms with van der Waals surface area (Å²) in [6.45, 7) is 5.06. The lowest BCUT2D eigenvalue weighted by Crippen LogP contribution is -2.15. The molecule has 0 saturated carbocycles. The molecular weight excluding hydrogens is 466 g/mol. The van der Waals surface area contributed by atoms with Gasteiger partial charge in [-0.15, -0.1) is 10.2 Å². The van der Waals surface area contributed by atoms with Gasteiger partial charge in [-0.05, 0) is 54.8 Å². The van der Waals surface area contributed by atoms with Gasteiger partial charge in [-0.2, -0.15) is 0 Å². The third-order valence-corrected chi connectivity index (χ3v) is 6.61. The van der Waals surface area contributed by atoms with Gasteiger partial charge in [0.15, 0.2) is 11.0 Å². The summed E-state index contributed by atoms with van der Waals surface area (Å²) in [4.78, 5) is 12.5. The van der Waals surface area contributed by atoms with Crippen LogP contribution in [0, 0.1) is 13.8 Å². The van der Waals surface area contributed by atoms with Crippen LogP contribution < -0.4 is 10.6 Å². The molecule has 0 radical (unpaired) electrons. The molecule has 0 aliphatic carbocycles. The lowest BCUT2D eigenvalue weighted by molar-refractivity contribution is -0.113. The van der Waals surface area contributed by atoms with Gasteiger partial charge in [0, 0.05) is 16.4 Å². The Morgan fingerprint density at radius 2 is 1.79 bits per heavy atom. The second-order valence-corrected chi connectivity index (χ2v) is 9.34. The number of hydrogen-bond acceptors (Lipinski definition) is 5. The number of nitrogens with zero attached hydrogens (tertiary/aromatic N) is 3. The van der Waals surface area contributed by atoms with Crippen LogP contribution in [0.2, 0.25) is 5.02 Å². The van der Waals surface area contributed by atoms with Crippen LogP contribution in [0.4, 0.5) is 11.4 Å². The maximum absolute atomic E-state index is 12.5. The van der Waals surface area contributed by atoms with Gasteiger partial charge in [0.2, 0.25) is 5.91 Å². The molecule has 1 amide bonds. The smallest absolute Gasteiger partial charge is 0.234 e. The highest BCUT2D eigenvalue weighted by Crippen LogP contribution is 2.23. The molecule has 0 fully saturated rings. The number of rotatable bonds is 9. The Balaban J connectivity index is 1.47. The summed E-state index contributed by atoms with van der Waals surface area (Å²) >= 11 is 7.63. The van der Waals surface area contributed by atoms with E-state index < -0.39 is 0 Å². The molecule has 174 valence electrons. The summed E-state index contributed by atoms with van der Waals surface area (Å²) in [5, 5.41) is 16.5. The lowest BCUT2D eigenvalue weighted by Gasteiger charge is -2.12. The van der Waals surface area contributed by atoms with E-state index in [2.05, 4.69) is 33.0 Å². The van der Waals surface area contributed by atoms with Gasteiger partial charge >= 0.3 is 0 Å². The lowest BCUT2D eigenvalue weighted by atomic mass is 10.2. The Bertz CT molecular complexity index is 1280. The average molecular weight is 492 g/mol. The Morgan fingerprint density at radius 3 is 2.56 bits per heavy atom. The van der Waals surface area contributed by atoms with Crippen molar-refractivity contribution in [2.45, 2.75) is 32.1 Å². The number of benzene rings is 3. The monoisotopic (exact) mass is 491 g/mol. The zero-order valence-electron chi connectivity index (χ0n) is 19.1. The first-order chi connectivity index (χ1) is 16.5. The van der Waals surface area contributed by atoms with Gasteiger partial charge in [0.05, 0.1) is 18.8 Å². The predicted molar refractivity (Wildman–Crippen MR) is 140 cm³/mol. The van der Waals surface area contributed by atoms with Crippen LogP contribution in [0.5, 0.6) is 0 Å². The van der Waals surface area contributed by atoms with Crippen molar-refractivity contribution < 1.29 is 4.79 Å². The average Bonchev–Trinajstić information content (AvgIpc) is 3.20. The van der Waals surface area contributed by atoms with E-state index in [4.69, 9.17) is 11.6 Å². The van der Waals surface area contributed by atoms with Crippen molar-refractivity contribution in [1.82, 2.24) is 14.8 Å². The number of thioether (sulfide) groups is 1. The minimum Gasteiger partial charge on any atom is -0.378 e. The van der Waals surface area contributed by atoms with Crippen molar-refractivity contribution in [3.05, 3.63) is 100 Å². The molecule has 4 aromatic rings. The molecule has 0 spiro atoms. The zero-order chi connectivity index (χ0) is 23.9. The van der Waals surface area contributed by atoms with Gasteiger partial charge in [-0.3, -0.25) is 4.79 Å². The molecule has 0 aliphatic rings. The molecule has 0 aliphatic heterocycles. The molecule has 0 bridgehead atoms. The highest BCUT2D eigenvalue weighted by atomic mass is 35.5. The summed E-state index contributed by atoms with van der Waals surface area (Å²) in [5.41, 5.74) is 4.96. The second kappa shape index (κ2) is 11.2. The number of halogens is 1. The van der Waals surface area contributed by atoms with Crippen LogP contribution in [-0.4, -0.2) is 26.4 Å². The molecule has 1 heterocycles. The number of nitrogens with one attached hydrogen (secondary N) is 2. The summed E-state index contributed by atoms with van der Waals surface area (Å²) in [6.07, 6.45) is 0. The molecular formula is C26H26ClN5OS. The summed E-state index contributed by atoms with van der Waals surface area (Å²) in [7, 11) is 0. The molecule has 8 heteroatoms. The molecule has 0 unspecified atom stereocenters. The van der Waals surface area contributed by atoms with Gasteiger partial charge in [0.1, 0.15) is 0 Å². The fourth-order valence-electron chi connectivity index (χ4n) is 3.42. The number of carbonyl (C=O) groups excluding carboxylic acids is 1. The first kappa shape index (κ1) is 23.9. The molecule has 1 aromatic heterocycles. The van der Waals surface area contributed by atoms with Crippen molar-refractivity contribution in [2.24, 2.45) is 0 Å². The Hall–Kier alpha value is -3.29. The van der Waals surface area contributed by atoms with Crippen molar-refractivity contribution >= 4 is 40.6 Å². The number of anilines is 2. The van der Waals surface area contributed by atoms with E-state index in [9.17, 15) is 4.79 Å². The number of carbonyl (C=O) groups is 1. The van der Waals surface area contributed by atoms with E-state index in [0.29, 0.717) is 23.3 Å². The van der Waals surface area contributed by atoms with Crippen molar-refractivity contribution in [3.8, 4) is 0 Å². The molecule has 6 nitrogen and oxygen atoms in total. The van der Waals surface area contributed by atoms with Crippen molar-refractivity contribution in [1.29, 1.82) is 0 Å². The highest BCUT2D eigenvalue weighted by Gasteiger charge is 2.15. The molecule has 0 atom stereocenters. The molecule has 2 N–H and O–H groups in total. The maximum Gasteiger partial charge on any atom is 0.234 e. The van der Waals surface area contributed by atoms with Crippen LogP contribution in [0.3, 0.4) is 0 Å². The third-order valence-electron chi connectivity index (χ3n) is 5.23. The van der Waals surface area contributed by atoms with Gasteiger partial charge < -0.3 is 15.2 Å². The number of amides is 1. The number of aryl methyl sites for hydroxylation is 2. The fraction of sp³-hybridized carbons (Fsp3) is 0.192. The van der Waals surface area contributed by atoms with Gasteiger partial charge in [-0.1, -0.05) is 71.9 Å². The Labute approximate surface area is 208 Å². The summed E-state index contributed by atoms with van der Waals surface area (Å²) in [5.74, 6) is 0.933. The van der Waals surface area contributed by atoms with Crippen molar-refractivity contribution in [3.63, 3.8) is 0 Å². The van der Waals surface area contributed by atoms with E-state index in [1.807, 2.05) is 79.1 Å². The standard InChI is InChI=1S/C26H26ClN5OS/c1-18-7-6-10-22(13-18)29-25(33)17-34-26-31-30-24(32(26)16-20-8-4-3-5-9-20)15-28-21-12-11-19(2)23(27)14-21/h3-14,28H,15-17H2,1-2H3,(H,29,33). The summed E-state index contributed by atoms with van der Waals surface area (Å²) < 4.78 is 2.04. The quantitative estimate of drug-likeness (QED) is 0.283. The van der Waals surface area contributed by atoms with E-state index in [0.717, 1.165) is 33.9 Å². The third kappa shape index (κ3) is 6.40. The molecule has 3 aromatic carbocycles. The summed E-state index contributed by atoms with van der Waals surface area (Å²) in [6, 6.07) is 23.8. The first-order valence-corrected chi connectivity index (χ1v) is 12.3. The zero-order valence-corrected chi connectivity index (χ0v) is 20.7. The first-order valence-electron chi connectivity index (χ1n) is 10.9. The highest BCUT2D eigenvalue weighted by molar-refractivity contribution is 7.99. The van der Waals surface area contributed by atoms with Crippen LogP contribution >= 0.6 is 23.4 Å². The molecule has 0 saturated heterocycles. The molecule has 34 heavy (non-hydrogen) atoms. The maximum atomic E-state index is 12.5. The normalized spacial score (nSPS) is 10.8. The van der Waals surface area contributed by atoms with E-state index in [1.165, 1.54) is 11.8 Å². The Morgan fingerprint density at radius 1 is 0.971 bits per heavy atom. The SMILES string of the molecule is Cc1cccc(NC(=O)CSc2nnc(CNc3ccc(C)c(Cl)c3)n2Cc2ccccc2)c1. The van der Waals surface area contributed by atoms with Crippen LogP contribution in [0.15, 0.2) is 78.0 Å². The van der Waals surface area contributed by atoms with Crippen LogP contribution in [0.25, 0.3) is 0 Å². The number of hydrogen-bond donors (Lipinski definition) is 2. The second-order valence-electron chi connectivity index (χ2n) is 7.99. The van der Waals surface area contributed by atoms with E-state index in [1.54, 1.807) is 0 Å². The van der Waals surface area contributed by atoms with Crippen LogP contribution in [-0.2, 0) is 17.9 Å². The van der Waals surface area contributed by atoms with Gasteiger partial charge in [0.25, 0.3) is 0 Å². The number of aromatic nitrogens is 3. The predicted octanol–water partition coefficient (Wildman–Crippen LogP) is 5.94. The van der Waals surface area contributed by atoms with Crippen molar-refractivity contribution in [2.75, 3.05) is 16.4 Å². The fourth-order valence-corrected chi connectivity index (χ4v) is 4.35. The van der Waals surface area contributed by atoms with E-state index >= 15 is 0 Å². The minimum atomic E-state index is -0.0844. The largest absolute Gasteiger partial charge is 0.378 e. The topological polar surface area (TPSA) is 71.8 Å². The Kier molecular flexibility index (Phi) is 7.87. The van der Waals surface area contributed by atoms with Crippen LogP contribution in [0.1, 0.15) is 22.5 Å².